The lowest BCUT2D eigenvalue weighted by atomic mass is 9.86. The number of ether oxygens (including phenoxy) is 1. The van der Waals surface area contributed by atoms with Crippen molar-refractivity contribution in [2.24, 2.45) is 5.41 Å². The van der Waals surface area contributed by atoms with Crippen molar-refractivity contribution in [2.45, 2.75) is 39.2 Å². The topological polar surface area (TPSA) is 49.8 Å². The molecule has 3 rings (SSSR count). The maximum absolute atomic E-state index is 11.3. The summed E-state index contributed by atoms with van der Waals surface area (Å²) in [7, 11) is 0. The van der Waals surface area contributed by atoms with E-state index in [1.807, 2.05) is 12.1 Å². The Morgan fingerprint density at radius 1 is 1.45 bits per heavy atom. The normalized spacial score (nSPS) is 24.1. The molecule has 108 valence electrons. The molecule has 0 saturated heterocycles. The zero-order valence-corrected chi connectivity index (χ0v) is 12.1. The Bertz CT molecular complexity index is 539. The largest absolute Gasteiger partial charge is 0.489 e. The highest BCUT2D eigenvalue weighted by atomic mass is 16.5. The summed E-state index contributed by atoms with van der Waals surface area (Å²) in [6.07, 6.45) is 3.63. The molecule has 20 heavy (non-hydrogen) atoms. The Kier molecular flexibility index (Phi) is 3.11. The minimum absolute atomic E-state index is 0.267. The lowest BCUT2D eigenvalue weighted by Gasteiger charge is -2.42. The quantitative estimate of drug-likeness (QED) is 0.900. The fourth-order valence-electron chi connectivity index (χ4n) is 3.65. The molecule has 0 spiro atoms. The first-order valence-electron chi connectivity index (χ1n) is 7.26. The van der Waals surface area contributed by atoms with E-state index in [0.29, 0.717) is 18.4 Å². The summed E-state index contributed by atoms with van der Waals surface area (Å²) in [4.78, 5) is 13.7. The molecule has 1 fully saturated rings. The third kappa shape index (κ3) is 2.03. The van der Waals surface area contributed by atoms with Crippen molar-refractivity contribution >= 4 is 11.7 Å². The molecule has 4 heteroatoms. The molecule has 1 aromatic rings. The van der Waals surface area contributed by atoms with Crippen LogP contribution in [0, 0.1) is 5.41 Å². The van der Waals surface area contributed by atoms with Crippen molar-refractivity contribution in [1.29, 1.82) is 0 Å². The number of hydrogen-bond donors (Lipinski definition) is 1. The Morgan fingerprint density at radius 2 is 2.25 bits per heavy atom. The molecule has 1 aromatic carbocycles. The second-order valence-corrected chi connectivity index (χ2v) is 6.40. The number of anilines is 1. The highest BCUT2D eigenvalue weighted by Gasteiger charge is 2.40. The van der Waals surface area contributed by atoms with Crippen molar-refractivity contribution in [2.75, 3.05) is 18.1 Å². The van der Waals surface area contributed by atoms with E-state index in [4.69, 9.17) is 4.74 Å². The zero-order chi connectivity index (χ0) is 14.3. The van der Waals surface area contributed by atoms with E-state index in [2.05, 4.69) is 18.7 Å². The predicted octanol–water partition coefficient (Wildman–Crippen LogP) is 3.16. The number of aromatic carboxylic acids is 1. The van der Waals surface area contributed by atoms with E-state index >= 15 is 0 Å². The van der Waals surface area contributed by atoms with E-state index in [0.717, 1.165) is 12.2 Å². The minimum Gasteiger partial charge on any atom is -0.489 e. The first-order chi connectivity index (χ1) is 9.50. The number of nitrogens with zero attached hydrogens (tertiary/aromatic N) is 1. The van der Waals surface area contributed by atoms with Crippen LogP contribution in [0.4, 0.5) is 5.69 Å². The Morgan fingerprint density at radius 3 is 2.90 bits per heavy atom. The predicted molar refractivity (Wildman–Crippen MR) is 77.7 cm³/mol. The Hall–Kier alpha value is -1.71. The summed E-state index contributed by atoms with van der Waals surface area (Å²) < 4.78 is 5.65. The highest BCUT2D eigenvalue weighted by molar-refractivity contribution is 5.93. The van der Waals surface area contributed by atoms with Gasteiger partial charge in [0.15, 0.2) is 5.75 Å². The summed E-state index contributed by atoms with van der Waals surface area (Å²) in [5, 5.41) is 9.30. The maximum atomic E-state index is 11.3. The third-order valence-corrected chi connectivity index (χ3v) is 4.69. The number of carboxylic acid groups (broad SMARTS) is 1. The van der Waals surface area contributed by atoms with Crippen molar-refractivity contribution in [3.8, 4) is 5.75 Å². The van der Waals surface area contributed by atoms with E-state index in [1.165, 1.54) is 19.3 Å². The summed E-state index contributed by atoms with van der Waals surface area (Å²) in [6, 6.07) is 5.88. The molecule has 4 nitrogen and oxygen atoms in total. The second-order valence-electron chi connectivity index (χ2n) is 6.40. The average Bonchev–Trinajstić information content (AvgIpc) is 2.76. The standard InChI is InChI=1S/C16H21NO3/c1-16(2)8-4-7-13(16)17-9-10-20-14-11(15(18)19)5-3-6-12(14)17/h3,5-6,13H,4,7-10H2,1-2H3,(H,18,19). The third-order valence-electron chi connectivity index (χ3n) is 4.69. The number of benzene rings is 1. The molecule has 1 aliphatic carbocycles. The van der Waals surface area contributed by atoms with E-state index in [-0.39, 0.29) is 11.0 Å². The Labute approximate surface area is 119 Å². The van der Waals surface area contributed by atoms with Crippen molar-refractivity contribution < 1.29 is 14.6 Å². The number of hydrogen-bond acceptors (Lipinski definition) is 3. The van der Waals surface area contributed by atoms with Crippen LogP contribution in [0.15, 0.2) is 18.2 Å². The van der Waals surface area contributed by atoms with Gasteiger partial charge in [-0.3, -0.25) is 0 Å². The van der Waals surface area contributed by atoms with Gasteiger partial charge in [-0.25, -0.2) is 4.79 Å². The summed E-state index contributed by atoms with van der Waals surface area (Å²) in [5.41, 5.74) is 1.48. The van der Waals surface area contributed by atoms with Gasteiger partial charge in [0.25, 0.3) is 0 Å². The van der Waals surface area contributed by atoms with Crippen LogP contribution in [-0.4, -0.2) is 30.3 Å². The first-order valence-corrected chi connectivity index (χ1v) is 7.26. The molecular formula is C16H21NO3. The van der Waals surface area contributed by atoms with Gasteiger partial charge in [0.1, 0.15) is 12.2 Å². The Balaban J connectivity index is 2.02. The van der Waals surface area contributed by atoms with Gasteiger partial charge in [0.2, 0.25) is 0 Å². The molecule has 0 bridgehead atoms. The van der Waals surface area contributed by atoms with Crippen molar-refractivity contribution in [1.82, 2.24) is 0 Å². The van der Waals surface area contributed by atoms with Gasteiger partial charge in [0.05, 0.1) is 12.2 Å². The van der Waals surface area contributed by atoms with Gasteiger partial charge in [0, 0.05) is 6.04 Å². The molecule has 0 radical (unpaired) electrons. The molecule has 1 aliphatic heterocycles. The van der Waals surface area contributed by atoms with Gasteiger partial charge in [-0.15, -0.1) is 0 Å². The van der Waals surface area contributed by atoms with E-state index in [9.17, 15) is 9.90 Å². The van der Waals surface area contributed by atoms with Gasteiger partial charge in [-0.1, -0.05) is 26.3 Å². The lowest BCUT2D eigenvalue weighted by Crippen LogP contribution is -2.46. The number of carbonyl (C=O) groups is 1. The van der Waals surface area contributed by atoms with Crippen LogP contribution in [0.5, 0.6) is 5.75 Å². The highest BCUT2D eigenvalue weighted by Crippen LogP contribution is 2.45. The second kappa shape index (κ2) is 4.69. The van der Waals surface area contributed by atoms with Crippen LogP contribution in [0.25, 0.3) is 0 Å². The smallest absolute Gasteiger partial charge is 0.339 e. The molecular weight excluding hydrogens is 254 g/mol. The van der Waals surface area contributed by atoms with Crippen LogP contribution in [-0.2, 0) is 0 Å². The van der Waals surface area contributed by atoms with Crippen molar-refractivity contribution in [3.05, 3.63) is 23.8 Å². The molecule has 1 atom stereocenters. The number of para-hydroxylation sites is 1. The SMILES string of the molecule is CC1(C)CCCC1N1CCOc2c(C(=O)O)cccc21. The molecule has 1 N–H and O–H groups in total. The monoisotopic (exact) mass is 275 g/mol. The van der Waals surface area contributed by atoms with Gasteiger partial charge >= 0.3 is 5.97 Å². The van der Waals surface area contributed by atoms with Gasteiger partial charge in [-0.05, 0) is 30.4 Å². The fraction of sp³-hybridized carbons (Fsp3) is 0.562. The molecule has 1 saturated carbocycles. The van der Waals surface area contributed by atoms with E-state index < -0.39 is 5.97 Å². The van der Waals surface area contributed by atoms with Crippen LogP contribution >= 0.6 is 0 Å². The average molecular weight is 275 g/mol. The number of fused-ring (bicyclic) bond motifs is 1. The molecule has 1 unspecified atom stereocenters. The van der Waals surface area contributed by atoms with Crippen molar-refractivity contribution in [3.63, 3.8) is 0 Å². The maximum Gasteiger partial charge on any atom is 0.339 e. The first kappa shape index (κ1) is 13.3. The summed E-state index contributed by atoms with van der Waals surface area (Å²) in [5.74, 6) is -0.386. The minimum atomic E-state index is -0.922. The summed E-state index contributed by atoms with van der Waals surface area (Å²) in [6.45, 7) is 6.01. The van der Waals surface area contributed by atoms with E-state index in [1.54, 1.807) is 6.07 Å². The molecule has 2 aliphatic rings. The van der Waals surface area contributed by atoms with Crippen LogP contribution in [0.2, 0.25) is 0 Å². The van der Waals surface area contributed by atoms with Crippen LogP contribution < -0.4 is 9.64 Å². The molecule has 0 amide bonds. The fourth-order valence-corrected chi connectivity index (χ4v) is 3.65. The van der Waals surface area contributed by atoms with Crippen LogP contribution in [0.1, 0.15) is 43.5 Å². The molecule has 0 aromatic heterocycles. The number of rotatable bonds is 2. The lowest BCUT2D eigenvalue weighted by molar-refractivity contribution is 0.0691. The number of carboxylic acids is 1. The summed E-state index contributed by atoms with van der Waals surface area (Å²) >= 11 is 0. The van der Waals surface area contributed by atoms with Gasteiger partial charge in [-0.2, -0.15) is 0 Å². The molecule has 1 heterocycles. The van der Waals surface area contributed by atoms with Gasteiger partial charge < -0.3 is 14.7 Å². The zero-order valence-electron chi connectivity index (χ0n) is 12.1. The van der Waals surface area contributed by atoms with Crippen LogP contribution in [0.3, 0.4) is 0 Å².